The number of hydrogen-bond acceptors (Lipinski definition) is 10. The Balaban J connectivity index is 0.000000176. The molecule has 2 unspecified atom stereocenters. The highest BCUT2D eigenvalue weighted by atomic mass is 16.2. The molecule has 5 heterocycles. The van der Waals surface area contributed by atoms with Gasteiger partial charge in [0, 0.05) is 74.4 Å². The van der Waals surface area contributed by atoms with Gasteiger partial charge in [0.15, 0.2) is 12.4 Å². The lowest BCUT2D eigenvalue weighted by Crippen LogP contribution is -2.39. The van der Waals surface area contributed by atoms with Crippen molar-refractivity contribution in [1.29, 1.82) is 10.5 Å². The number of nitrogens with zero attached hydrogens (tertiary/aromatic N) is 7. The number of likely N-dealkylation sites (tertiary alicyclic amines) is 2. The van der Waals surface area contributed by atoms with Crippen molar-refractivity contribution < 1.29 is 14.4 Å². The maximum atomic E-state index is 13.0. The number of carbonyl (C=O) groups is 3. The van der Waals surface area contributed by atoms with Crippen LogP contribution in [0.5, 0.6) is 0 Å². The Morgan fingerprint density at radius 1 is 0.765 bits per heavy atom. The van der Waals surface area contributed by atoms with Gasteiger partial charge in [-0.3, -0.25) is 14.4 Å². The molecule has 7 rings (SSSR count). The molecule has 0 saturated carbocycles. The van der Waals surface area contributed by atoms with Crippen LogP contribution in [0.15, 0.2) is 79.0 Å². The van der Waals surface area contributed by atoms with Crippen molar-refractivity contribution >= 4 is 34.4 Å². The van der Waals surface area contributed by atoms with E-state index in [-0.39, 0.29) is 35.7 Å². The van der Waals surface area contributed by atoms with Crippen LogP contribution in [0.25, 0.3) is 22.2 Å². The second-order valence-electron chi connectivity index (χ2n) is 13.0. The van der Waals surface area contributed by atoms with Gasteiger partial charge in [-0.1, -0.05) is 48.5 Å². The first-order valence-electron chi connectivity index (χ1n) is 17.2. The van der Waals surface area contributed by atoms with Gasteiger partial charge in [-0.25, -0.2) is 9.97 Å². The Bertz CT molecular complexity index is 1950. The molecule has 3 fully saturated rings. The number of benzene rings is 2. The second-order valence-corrected chi connectivity index (χ2v) is 13.0. The second kappa shape index (κ2) is 16.0. The van der Waals surface area contributed by atoms with E-state index in [4.69, 9.17) is 21.2 Å². The number of nitrogens with one attached hydrogen (secondary N) is 2. The molecule has 4 N–H and O–H groups in total. The highest BCUT2D eigenvalue weighted by molar-refractivity contribution is 6.07. The van der Waals surface area contributed by atoms with Gasteiger partial charge in [-0.2, -0.15) is 10.5 Å². The molecule has 13 heteroatoms. The highest BCUT2D eigenvalue weighted by Crippen LogP contribution is 2.26. The number of fused-ring (bicyclic) bond motifs is 1. The first-order valence-corrected chi connectivity index (χ1v) is 17.2. The summed E-state index contributed by atoms with van der Waals surface area (Å²) >= 11 is 0. The molecule has 0 spiro atoms. The third-order valence-electron chi connectivity index (χ3n) is 9.59. The van der Waals surface area contributed by atoms with Gasteiger partial charge in [0.25, 0.3) is 11.8 Å². The largest absolute Gasteiger partial charge is 0.369 e. The molecule has 0 bridgehead atoms. The fourth-order valence-electron chi connectivity index (χ4n) is 6.69. The van der Waals surface area contributed by atoms with E-state index in [0.29, 0.717) is 37.3 Å². The number of hydrogen-bond donors (Lipinski definition) is 3. The SMILES string of the molecule is N#CN1CCC(NC(=O)c2cc(-c3ccccc3)nc3ccccc23)C1.N#CN1CCC(NC(=O)c2ccc(N3CCC(C(N)=O)CC3)nc2)C1. The summed E-state index contributed by atoms with van der Waals surface area (Å²) < 4.78 is 0. The summed E-state index contributed by atoms with van der Waals surface area (Å²) in [6.45, 7) is 3.96. The minimum absolute atomic E-state index is 0.000320. The fraction of sp³-hybridized carbons (Fsp3) is 0.342. The molecule has 0 radical (unpaired) electrons. The van der Waals surface area contributed by atoms with E-state index in [1.807, 2.05) is 66.7 Å². The Hall–Kier alpha value is -6.21. The zero-order valence-corrected chi connectivity index (χ0v) is 28.2. The van der Waals surface area contributed by atoms with Crippen molar-refractivity contribution in [1.82, 2.24) is 30.4 Å². The predicted octanol–water partition coefficient (Wildman–Crippen LogP) is 3.26. The van der Waals surface area contributed by atoms with E-state index < -0.39 is 0 Å². The molecule has 2 aromatic heterocycles. The molecule has 2 atom stereocenters. The molecular weight excluding hydrogens is 644 g/mol. The molecule has 3 aliphatic rings. The zero-order valence-electron chi connectivity index (χ0n) is 28.2. The molecule has 0 aliphatic carbocycles. The quantitative estimate of drug-likeness (QED) is 0.244. The highest BCUT2D eigenvalue weighted by Gasteiger charge is 2.26. The van der Waals surface area contributed by atoms with Crippen LogP contribution in [-0.2, 0) is 4.79 Å². The molecule has 3 aliphatic heterocycles. The summed E-state index contributed by atoms with van der Waals surface area (Å²) in [4.78, 5) is 51.0. The minimum Gasteiger partial charge on any atom is -0.369 e. The number of aromatic nitrogens is 2. The maximum absolute atomic E-state index is 13.0. The van der Waals surface area contributed by atoms with Crippen LogP contribution in [0.2, 0.25) is 0 Å². The van der Waals surface area contributed by atoms with E-state index in [2.05, 4.69) is 32.9 Å². The molecular formula is C38H40N10O3. The number of pyridine rings is 2. The standard InChI is InChI=1S/C21H18N4O.C17H22N6O2/c22-14-25-11-10-16(13-25)23-21(26)18-12-20(15-6-2-1-3-7-15)24-19-9-5-4-8-17(18)19;18-11-22-6-5-14(10-22)21-17(25)13-1-2-15(20-9-13)23-7-3-12(4-8-23)16(19)24/h1-9,12,16H,10-11,13H2,(H,23,26);1-2,9,12,14H,3-8,10H2,(H2,19,24)(H,21,25). The van der Waals surface area contributed by atoms with E-state index in [1.165, 1.54) is 0 Å². The summed E-state index contributed by atoms with van der Waals surface area (Å²) in [6.07, 6.45) is 8.83. The number of nitriles is 2. The maximum Gasteiger partial charge on any atom is 0.253 e. The molecule has 51 heavy (non-hydrogen) atoms. The van der Waals surface area contributed by atoms with E-state index in [1.54, 1.807) is 22.1 Å². The van der Waals surface area contributed by atoms with Crippen molar-refractivity contribution in [3.05, 3.63) is 90.1 Å². The summed E-state index contributed by atoms with van der Waals surface area (Å²) in [7, 11) is 0. The fourth-order valence-corrected chi connectivity index (χ4v) is 6.69. The molecule has 2 aromatic carbocycles. The number of para-hydroxylation sites is 1. The first-order chi connectivity index (χ1) is 24.8. The molecule has 13 nitrogen and oxygen atoms in total. The van der Waals surface area contributed by atoms with E-state index in [9.17, 15) is 14.4 Å². The number of rotatable bonds is 7. The van der Waals surface area contributed by atoms with Crippen LogP contribution < -0.4 is 21.3 Å². The van der Waals surface area contributed by atoms with Crippen molar-refractivity contribution in [2.45, 2.75) is 37.8 Å². The predicted molar refractivity (Wildman–Crippen MR) is 192 cm³/mol. The van der Waals surface area contributed by atoms with Crippen LogP contribution in [-0.4, -0.2) is 88.8 Å². The summed E-state index contributed by atoms with van der Waals surface area (Å²) in [5.41, 5.74) is 9.02. The Labute approximate surface area is 296 Å². The van der Waals surface area contributed by atoms with Gasteiger partial charge >= 0.3 is 0 Å². The topological polar surface area (TPSA) is 184 Å². The molecule has 3 amide bonds. The zero-order chi connectivity index (χ0) is 35.7. The normalized spacial score (nSPS) is 18.7. The van der Waals surface area contributed by atoms with Crippen LogP contribution in [0.1, 0.15) is 46.4 Å². The number of amides is 3. The van der Waals surface area contributed by atoms with Crippen LogP contribution in [0, 0.1) is 28.8 Å². The van der Waals surface area contributed by atoms with Gasteiger partial charge in [0.2, 0.25) is 5.91 Å². The number of carbonyl (C=O) groups excluding carboxylic acids is 3. The van der Waals surface area contributed by atoms with E-state index in [0.717, 1.165) is 66.8 Å². The number of primary amides is 1. The van der Waals surface area contributed by atoms with Crippen LogP contribution >= 0.6 is 0 Å². The number of piperidine rings is 1. The molecule has 3 saturated heterocycles. The Morgan fingerprint density at radius 2 is 1.39 bits per heavy atom. The van der Waals surface area contributed by atoms with Crippen LogP contribution in [0.3, 0.4) is 0 Å². The number of anilines is 1. The lowest BCUT2D eigenvalue weighted by molar-refractivity contribution is -0.122. The van der Waals surface area contributed by atoms with Crippen molar-refractivity contribution in [3.8, 4) is 23.6 Å². The average molecular weight is 685 g/mol. The number of nitrogens with two attached hydrogens (primary N) is 1. The van der Waals surface area contributed by atoms with E-state index >= 15 is 0 Å². The molecule has 260 valence electrons. The average Bonchev–Trinajstić information content (AvgIpc) is 3.84. The van der Waals surface area contributed by atoms with Crippen molar-refractivity contribution in [2.75, 3.05) is 44.2 Å². The third-order valence-corrected chi connectivity index (χ3v) is 9.59. The van der Waals surface area contributed by atoms with Crippen molar-refractivity contribution in [2.24, 2.45) is 11.7 Å². The lowest BCUT2D eigenvalue weighted by atomic mass is 9.96. The summed E-state index contributed by atoms with van der Waals surface area (Å²) in [5.74, 6) is 0.222. The summed E-state index contributed by atoms with van der Waals surface area (Å²) in [6, 6.07) is 23.0. The smallest absolute Gasteiger partial charge is 0.253 e. The minimum atomic E-state index is -0.235. The Morgan fingerprint density at radius 3 is 1.98 bits per heavy atom. The van der Waals surface area contributed by atoms with Gasteiger partial charge in [0.05, 0.1) is 22.3 Å². The lowest BCUT2D eigenvalue weighted by Gasteiger charge is -2.31. The van der Waals surface area contributed by atoms with Gasteiger partial charge in [-0.15, -0.1) is 0 Å². The molecule has 4 aromatic rings. The Kier molecular flexibility index (Phi) is 10.9. The van der Waals surface area contributed by atoms with Gasteiger partial charge < -0.3 is 31.1 Å². The monoisotopic (exact) mass is 684 g/mol. The van der Waals surface area contributed by atoms with Gasteiger partial charge in [-0.05, 0) is 49.9 Å². The van der Waals surface area contributed by atoms with Gasteiger partial charge in [0.1, 0.15) is 5.82 Å². The summed E-state index contributed by atoms with van der Waals surface area (Å²) in [5, 5.41) is 24.7. The van der Waals surface area contributed by atoms with Crippen LogP contribution in [0.4, 0.5) is 5.82 Å². The third kappa shape index (κ3) is 8.51. The van der Waals surface area contributed by atoms with Crippen molar-refractivity contribution in [3.63, 3.8) is 0 Å². The first kappa shape index (κ1) is 34.6.